The van der Waals surface area contributed by atoms with Gasteiger partial charge >= 0.3 is 16.5 Å². The number of nitrogens with one attached hydrogen (secondary N) is 1. The lowest BCUT2D eigenvalue weighted by atomic mass is 10.1. The molecule has 1 aliphatic rings. The average Bonchev–Trinajstić information content (AvgIpc) is 3.44. The second kappa shape index (κ2) is 10.8. The van der Waals surface area contributed by atoms with Crippen molar-refractivity contribution in [1.29, 1.82) is 0 Å². The van der Waals surface area contributed by atoms with Crippen LogP contribution in [-0.2, 0) is 27.2 Å². The number of carbonyl (C=O) groups is 1. The second-order valence-corrected chi connectivity index (χ2v) is 10.1. The first-order valence-corrected chi connectivity index (χ1v) is 12.7. The van der Waals surface area contributed by atoms with Crippen LogP contribution in [0.3, 0.4) is 0 Å². The summed E-state index contributed by atoms with van der Waals surface area (Å²) in [6.45, 7) is -0.325. The van der Waals surface area contributed by atoms with Crippen molar-refractivity contribution in [3.63, 3.8) is 0 Å². The van der Waals surface area contributed by atoms with E-state index in [9.17, 15) is 35.9 Å². The van der Waals surface area contributed by atoms with Gasteiger partial charge in [0.2, 0.25) is 0 Å². The van der Waals surface area contributed by atoms with Gasteiger partial charge in [0, 0.05) is 42.7 Å². The van der Waals surface area contributed by atoms with E-state index in [2.05, 4.69) is 19.5 Å². The highest BCUT2D eigenvalue weighted by atomic mass is 32.2. The lowest BCUT2D eigenvalue weighted by Crippen LogP contribution is -2.24. The molecule has 2 heterocycles. The smallest absolute Gasteiger partial charge is 0.393 e. The normalized spacial score (nSPS) is 20.0. The van der Waals surface area contributed by atoms with Gasteiger partial charge in [0.25, 0.3) is 0 Å². The van der Waals surface area contributed by atoms with Crippen LogP contribution in [0, 0.1) is 11.7 Å². The Hall–Kier alpha value is -3.40. The molecule has 1 aliphatic carbocycles. The van der Waals surface area contributed by atoms with Crippen molar-refractivity contribution >= 4 is 21.9 Å². The number of ketones is 1. The van der Waals surface area contributed by atoms with Gasteiger partial charge in [-0.05, 0) is 36.6 Å². The quantitative estimate of drug-likeness (QED) is 0.268. The Morgan fingerprint density at radius 1 is 1.26 bits per heavy atom. The van der Waals surface area contributed by atoms with Gasteiger partial charge in [-0.1, -0.05) is 6.07 Å². The van der Waals surface area contributed by atoms with Gasteiger partial charge in [-0.25, -0.2) is 19.5 Å². The summed E-state index contributed by atoms with van der Waals surface area (Å²) < 4.78 is 80.8. The molecule has 38 heavy (non-hydrogen) atoms. The Bertz CT molecular complexity index is 1430. The summed E-state index contributed by atoms with van der Waals surface area (Å²) in [5.74, 6) is -2.15. The van der Waals surface area contributed by atoms with Crippen LogP contribution in [0.2, 0.25) is 0 Å². The molecule has 1 fully saturated rings. The molecule has 4 N–H and O–H groups in total. The molecular formula is C23H23F4N5O5S. The number of aliphatic hydroxyl groups is 1. The van der Waals surface area contributed by atoms with E-state index in [1.54, 1.807) is 0 Å². The molecule has 0 radical (unpaired) electrons. The van der Waals surface area contributed by atoms with Crippen LogP contribution in [0.1, 0.15) is 39.9 Å². The summed E-state index contributed by atoms with van der Waals surface area (Å²) >= 11 is 0. The molecule has 0 saturated heterocycles. The third-order valence-electron chi connectivity index (χ3n) is 6.12. The summed E-state index contributed by atoms with van der Waals surface area (Å²) in [5.41, 5.74) is -0.845. The number of halogens is 4. The zero-order chi connectivity index (χ0) is 27.7. The van der Waals surface area contributed by atoms with E-state index >= 15 is 0 Å². The zero-order valence-electron chi connectivity index (χ0n) is 19.6. The summed E-state index contributed by atoms with van der Waals surface area (Å²) in [7, 11) is -4.15. The molecule has 0 bridgehead atoms. The maximum atomic E-state index is 13.6. The van der Waals surface area contributed by atoms with Gasteiger partial charge in [-0.3, -0.25) is 8.98 Å². The topological polar surface area (TPSA) is 149 Å². The maximum absolute atomic E-state index is 13.6. The molecule has 15 heteroatoms. The van der Waals surface area contributed by atoms with Crippen molar-refractivity contribution in [1.82, 2.24) is 14.5 Å². The fourth-order valence-corrected chi connectivity index (χ4v) is 4.68. The number of rotatable bonds is 9. The molecule has 3 unspecified atom stereocenters. The highest BCUT2D eigenvalue weighted by Crippen LogP contribution is 2.32. The van der Waals surface area contributed by atoms with Gasteiger partial charge in [0.05, 0.1) is 23.8 Å². The van der Waals surface area contributed by atoms with Gasteiger partial charge in [0.15, 0.2) is 5.78 Å². The van der Waals surface area contributed by atoms with Crippen molar-refractivity contribution in [2.24, 2.45) is 11.1 Å². The molecule has 0 amide bonds. The number of nitrogens with two attached hydrogens (primary N) is 1. The summed E-state index contributed by atoms with van der Waals surface area (Å²) in [5, 5.41) is 18.2. The first kappa shape index (κ1) is 27.6. The predicted molar refractivity (Wildman–Crippen MR) is 126 cm³/mol. The number of alkyl halides is 3. The van der Waals surface area contributed by atoms with Crippen LogP contribution >= 0.6 is 0 Å². The minimum absolute atomic E-state index is 0.0328. The summed E-state index contributed by atoms with van der Waals surface area (Å²) in [6, 6.07) is 3.83. The Kier molecular flexibility index (Phi) is 7.83. The fraction of sp³-hybridized carbons (Fsp3) is 0.348. The average molecular weight is 558 g/mol. The molecule has 3 aromatic rings. The number of aliphatic hydroxyl groups excluding tert-OH is 1. The third kappa shape index (κ3) is 6.72. The molecule has 1 aromatic carbocycles. The molecule has 0 aliphatic heterocycles. The third-order valence-corrected chi connectivity index (χ3v) is 6.58. The van der Waals surface area contributed by atoms with Crippen molar-refractivity contribution in [2.75, 3.05) is 11.9 Å². The molecular weight excluding hydrogens is 534 g/mol. The van der Waals surface area contributed by atoms with Crippen molar-refractivity contribution in [3.05, 3.63) is 77.3 Å². The number of hydrogen-bond donors (Lipinski definition) is 3. The van der Waals surface area contributed by atoms with E-state index in [-0.39, 0.29) is 48.1 Å². The number of nitrogens with zero attached hydrogens (tertiary/aromatic N) is 3. The van der Waals surface area contributed by atoms with E-state index < -0.39 is 45.7 Å². The SMILES string of the molecule is NS(=O)(=O)OCC1CC(Nc2ncncc2C(=O)c2ccn(Cc3ccc(F)c(C(F)(F)F)c3)c2)CC1O. The predicted octanol–water partition coefficient (Wildman–Crippen LogP) is 2.49. The van der Waals surface area contributed by atoms with Crippen molar-refractivity contribution < 1.29 is 40.1 Å². The number of anilines is 1. The van der Waals surface area contributed by atoms with Crippen LogP contribution in [-0.4, -0.2) is 52.6 Å². The van der Waals surface area contributed by atoms with E-state index in [0.717, 1.165) is 12.1 Å². The van der Waals surface area contributed by atoms with E-state index in [1.165, 1.54) is 41.6 Å². The monoisotopic (exact) mass is 557 g/mol. The minimum Gasteiger partial charge on any atom is -0.393 e. The van der Waals surface area contributed by atoms with Gasteiger partial charge < -0.3 is 15.0 Å². The van der Waals surface area contributed by atoms with E-state index in [4.69, 9.17) is 5.14 Å². The lowest BCUT2D eigenvalue weighted by Gasteiger charge is -2.15. The summed E-state index contributed by atoms with van der Waals surface area (Å²) in [4.78, 5) is 21.2. The Labute approximate surface area is 214 Å². The van der Waals surface area contributed by atoms with E-state index in [1.807, 2.05) is 0 Å². The van der Waals surface area contributed by atoms with Crippen molar-refractivity contribution in [3.8, 4) is 0 Å². The second-order valence-electron chi connectivity index (χ2n) is 8.92. The molecule has 0 spiro atoms. The lowest BCUT2D eigenvalue weighted by molar-refractivity contribution is -0.140. The molecule has 2 aromatic heterocycles. The van der Waals surface area contributed by atoms with Gasteiger partial charge in [0.1, 0.15) is 18.0 Å². The standard InChI is InChI=1S/C23H23F4N5O5S/c24-19-2-1-13(5-18(19)23(25,26)27)9-32-4-3-14(10-32)21(34)17-8-29-12-30-22(17)31-16-6-15(20(33)7-16)11-37-38(28,35)36/h1-5,8,10,12,15-16,20,33H,6-7,9,11H2,(H2,28,35,36)(H,29,30,31). The Balaban J connectivity index is 1.46. The molecule has 10 nitrogen and oxygen atoms in total. The summed E-state index contributed by atoms with van der Waals surface area (Å²) in [6.07, 6.45) is 0.334. The number of hydrogen-bond acceptors (Lipinski definition) is 8. The molecule has 204 valence electrons. The van der Waals surface area contributed by atoms with Gasteiger partial charge in [-0.2, -0.15) is 21.6 Å². The number of carbonyl (C=O) groups excluding carboxylic acids is 1. The Morgan fingerprint density at radius 2 is 2.03 bits per heavy atom. The van der Waals surface area contributed by atoms with Gasteiger partial charge in [-0.15, -0.1) is 0 Å². The largest absolute Gasteiger partial charge is 0.419 e. The fourth-order valence-electron chi connectivity index (χ4n) is 4.31. The highest BCUT2D eigenvalue weighted by Gasteiger charge is 2.35. The van der Waals surface area contributed by atoms with Crippen LogP contribution in [0.5, 0.6) is 0 Å². The Morgan fingerprint density at radius 3 is 2.74 bits per heavy atom. The molecule has 4 rings (SSSR count). The zero-order valence-corrected chi connectivity index (χ0v) is 20.4. The molecule has 3 atom stereocenters. The van der Waals surface area contributed by atoms with Crippen molar-refractivity contribution in [2.45, 2.75) is 37.7 Å². The first-order chi connectivity index (χ1) is 17.8. The number of aromatic nitrogens is 3. The first-order valence-electron chi connectivity index (χ1n) is 11.3. The highest BCUT2D eigenvalue weighted by molar-refractivity contribution is 7.84. The number of benzene rings is 1. The van der Waals surface area contributed by atoms with Crippen LogP contribution < -0.4 is 10.5 Å². The maximum Gasteiger partial charge on any atom is 0.419 e. The van der Waals surface area contributed by atoms with Crippen LogP contribution in [0.4, 0.5) is 23.4 Å². The van der Waals surface area contributed by atoms with Crippen LogP contribution in [0.25, 0.3) is 0 Å². The van der Waals surface area contributed by atoms with E-state index in [0.29, 0.717) is 6.42 Å². The minimum atomic E-state index is -4.83. The molecule has 1 saturated carbocycles. The van der Waals surface area contributed by atoms with Crippen LogP contribution in [0.15, 0.2) is 49.2 Å².